The molecule has 0 aromatic carbocycles. The molecular formula is C18H32N2O4. The van der Waals surface area contributed by atoms with E-state index < -0.39 is 36.5 Å². The molecule has 2 bridgehead atoms. The molecule has 0 saturated heterocycles. The lowest BCUT2D eigenvalue weighted by atomic mass is 9.62. The Hall–Kier alpha value is -1.14. The fraction of sp³-hybridized carbons (Fsp3) is 0.889. The van der Waals surface area contributed by atoms with Crippen molar-refractivity contribution < 1.29 is 19.8 Å². The summed E-state index contributed by atoms with van der Waals surface area (Å²) in [5.41, 5.74) is 6.05. The van der Waals surface area contributed by atoms with Crippen LogP contribution in [0.1, 0.15) is 59.8 Å². The lowest BCUT2D eigenvalue weighted by Crippen LogP contribution is -2.50. The van der Waals surface area contributed by atoms with Crippen molar-refractivity contribution in [2.45, 2.75) is 78.0 Å². The van der Waals surface area contributed by atoms with Crippen LogP contribution in [0.5, 0.6) is 0 Å². The van der Waals surface area contributed by atoms with Crippen LogP contribution in [0.3, 0.4) is 0 Å². The zero-order chi connectivity index (χ0) is 18.3. The summed E-state index contributed by atoms with van der Waals surface area (Å²) < 4.78 is 0. The Morgan fingerprint density at radius 2 is 1.96 bits per heavy atom. The van der Waals surface area contributed by atoms with E-state index in [2.05, 4.69) is 26.1 Å². The minimum absolute atomic E-state index is 0.206. The highest BCUT2D eigenvalue weighted by Crippen LogP contribution is 2.67. The molecule has 6 nitrogen and oxygen atoms in total. The van der Waals surface area contributed by atoms with Crippen LogP contribution in [0, 0.1) is 22.7 Å². The highest BCUT2D eigenvalue weighted by molar-refractivity contribution is 5.86. The lowest BCUT2D eigenvalue weighted by molar-refractivity contribution is -0.139. The topological polar surface area (TPSA) is 113 Å². The number of hydrogen-bond donors (Lipinski definition) is 4. The molecule has 138 valence electrons. The number of aliphatic carboxylic acids is 1. The van der Waals surface area contributed by atoms with Gasteiger partial charge in [0.05, 0.1) is 24.6 Å². The Balaban J connectivity index is 1.93. The van der Waals surface area contributed by atoms with E-state index in [1.165, 1.54) is 19.3 Å². The molecule has 5 N–H and O–H groups in total. The van der Waals surface area contributed by atoms with Crippen molar-refractivity contribution in [2.75, 3.05) is 0 Å². The summed E-state index contributed by atoms with van der Waals surface area (Å²) in [6.07, 6.45) is 3.28. The molecule has 2 aliphatic carbocycles. The van der Waals surface area contributed by atoms with Crippen LogP contribution in [0.15, 0.2) is 0 Å². The zero-order valence-corrected chi connectivity index (χ0v) is 15.2. The Kier molecular flexibility index (Phi) is 5.31. The summed E-state index contributed by atoms with van der Waals surface area (Å²) in [6, 6.07) is -1.54. The van der Waals surface area contributed by atoms with Crippen LogP contribution < -0.4 is 11.1 Å². The van der Waals surface area contributed by atoms with Gasteiger partial charge in [0, 0.05) is 0 Å². The fourth-order valence-corrected chi connectivity index (χ4v) is 5.15. The van der Waals surface area contributed by atoms with Crippen molar-refractivity contribution in [3.63, 3.8) is 0 Å². The molecule has 2 saturated carbocycles. The molecule has 2 aliphatic rings. The van der Waals surface area contributed by atoms with Gasteiger partial charge in [0.15, 0.2) is 0 Å². The molecule has 0 radical (unpaired) electrons. The number of fused-ring (bicyclic) bond motifs is 2. The van der Waals surface area contributed by atoms with E-state index in [0.29, 0.717) is 18.3 Å². The normalized spacial score (nSPS) is 34.6. The van der Waals surface area contributed by atoms with Crippen LogP contribution in [-0.2, 0) is 9.59 Å². The average Bonchev–Trinajstić information content (AvgIpc) is 2.93. The van der Waals surface area contributed by atoms with Gasteiger partial charge in [0.2, 0.25) is 5.91 Å². The van der Waals surface area contributed by atoms with E-state index in [1.54, 1.807) is 6.92 Å². The third-order valence-corrected chi connectivity index (χ3v) is 6.72. The van der Waals surface area contributed by atoms with Crippen LogP contribution in [0.25, 0.3) is 0 Å². The highest BCUT2D eigenvalue weighted by atomic mass is 16.4. The molecule has 24 heavy (non-hydrogen) atoms. The van der Waals surface area contributed by atoms with E-state index in [4.69, 9.17) is 10.8 Å². The summed E-state index contributed by atoms with van der Waals surface area (Å²) >= 11 is 0. The molecule has 6 atom stereocenters. The molecule has 2 fully saturated rings. The number of carbonyl (C=O) groups excluding carboxylic acids is 1. The quantitative estimate of drug-likeness (QED) is 0.561. The number of amides is 1. The number of nitrogens with one attached hydrogen (secondary N) is 1. The van der Waals surface area contributed by atoms with Crippen molar-refractivity contribution in [2.24, 2.45) is 28.4 Å². The third-order valence-electron chi connectivity index (χ3n) is 6.72. The first-order valence-corrected chi connectivity index (χ1v) is 8.93. The molecule has 0 aromatic heterocycles. The van der Waals surface area contributed by atoms with Crippen LogP contribution in [-0.4, -0.2) is 40.3 Å². The first-order chi connectivity index (χ1) is 11.0. The first kappa shape index (κ1) is 19.2. The first-order valence-electron chi connectivity index (χ1n) is 8.93. The monoisotopic (exact) mass is 340 g/mol. The van der Waals surface area contributed by atoms with Gasteiger partial charge in [0.1, 0.15) is 0 Å². The Labute approximate surface area is 144 Å². The predicted octanol–water partition coefficient (Wildman–Crippen LogP) is 1.51. The van der Waals surface area contributed by atoms with Crippen molar-refractivity contribution in [1.29, 1.82) is 0 Å². The van der Waals surface area contributed by atoms with Gasteiger partial charge in [-0.15, -0.1) is 0 Å². The highest BCUT2D eigenvalue weighted by Gasteiger charge is 2.59. The van der Waals surface area contributed by atoms with Gasteiger partial charge in [-0.05, 0) is 55.3 Å². The number of aliphatic hydroxyl groups excluding tert-OH is 1. The standard InChI is InChI=1S/C18H32N2O4/c1-10(20-16(24)12(19)7-15(22)23)13(21)8-14-17(2,3)11-5-6-18(14,4)9-11/h10-14,21H,5-9,19H2,1-4H3,(H,20,24)(H,22,23)/t10-,11+,12-,13+,14+,18-/m0/s1. The van der Waals surface area contributed by atoms with Crippen LogP contribution in [0.2, 0.25) is 0 Å². The summed E-state index contributed by atoms with van der Waals surface area (Å²) in [7, 11) is 0. The molecule has 0 aromatic rings. The van der Waals surface area contributed by atoms with E-state index in [0.717, 1.165) is 0 Å². The Morgan fingerprint density at radius 1 is 1.33 bits per heavy atom. The molecule has 0 spiro atoms. The van der Waals surface area contributed by atoms with Crippen LogP contribution >= 0.6 is 0 Å². The van der Waals surface area contributed by atoms with Crippen LogP contribution in [0.4, 0.5) is 0 Å². The van der Waals surface area contributed by atoms with Gasteiger partial charge in [-0.3, -0.25) is 9.59 Å². The van der Waals surface area contributed by atoms with Crippen molar-refractivity contribution in [1.82, 2.24) is 5.32 Å². The predicted molar refractivity (Wildman–Crippen MR) is 91.2 cm³/mol. The second kappa shape index (κ2) is 6.64. The zero-order valence-electron chi connectivity index (χ0n) is 15.2. The molecule has 2 rings (SSSR count). The van der Waals surface area contributed by atoms with E-state index in [-0.39, 0.29) is 10.8 Å². The summed E-state index contributed by atoms with van der Waals surface area (Å²) in [5, 5.41) is 22.0. The third kappa shape index (κ3) is 3.59. The van der Waals surface area contributed by atoms with E-state index in [9.17, 15) is 14.7 Å². The minimum Gasteiger partial charge on any atom is -0.481 e. The number of aliphatic hydroxyl groups is 1. The second-order valence-corrected chi connectivity index (χ2v) is 8.77. The molecule has 0 heterocycles. The molecule has 0 unspecified atom stereocenters. The Morgan fingerprint density at radius 3 is 2.46 bits per heavy atom. The number of carboxylic acid groups (broad SMARTS) is 1. The Bertz CT molecular complexity index is 502. The fourth-order valence-electron chi connectivity index (χ4n) is 5.15. The van der Waals surface area contributed by atoms with Gasteiger partial charge in [-0.25, -0.2) is 0 Å². The number of carbonyl (C=O) groups is 2. The maximum atomic E-state index is 11.9. The number of hydrogen-bond acceptors (Lipinski definition) is 4. The smallest absolute Gasteiger partial charge is 0.305 e. The van der Waals surface area contributed by atoms with Gasteiger partial charge >= 0.3 is 5.97 Å². The molecule has 6 heteroatoms. The van der Waals surface area contributed by atoms with Gasteiger partial charge < -0.3 is 21.3 Å². The van der Waals surface area contributed by atoms with Gasteiger partial charge in [-0.1, -0.05) is 20.8 Å². The van der Waals surface area contributed by atoms with E-state index in [1.807, 2.05) is 0 Å². The van der Waals surface area contributed by atoms with Crippen molar-refractivity contribution in [3.05, 3.63) is 0 Å². The van der Waals surface area contributed by atoms with Gasteiger partial charge in [-0.2, -0.15) is 0 Å². The lowest BCUT2D eigenvalue weighted by Gasteiger charge is -2.44. The van der Waals surface area contributed by atoms with E-state index >= 15 is 0 Å². The van der Waals surface area contributed by atoms with Gasteiger partial charge in [0.25, 0.3) is 0 Å². The maximum Gasteiger partial charge on any atom is 0.305 e. The largest absolute Gasteiger partial charge is 0.481 e. The summed E-state index contributed by atoms with van der Waals surface area (Å²) in [4.78, 5) is 22.6. The minimum atomic E-state index is -1.11. The van der Waals surface area contributed by atoms with Crippen molar-refractivity contribution in [3.8, 4) is 0 Å². The molecular weight excluding hydrogens is 308 g/mol. The molecule has 0 aliphatic heterocycles. The SMILES string of the molecule is C[C@H](NC(=O)[C@@H](N)CC(=O)O)[C@H](O)C[C@@H]1C(C)(C)[C@@H]2CC[C@@]1(C)C2. The number of carboxylic acids is 1. The van der Waals surface area contributed by atoms with Crippen molar-refractivity contribution >= 4 is 11.9 Å². The number of nitrogens with two attached hydrogens (primary N) is 1. The second-order valence-electron chi connectivity index (χ2n) is 8.77. The average molecular weight is 340 g/mol. The maximum absolute atomic E-state index is 11.9. The summed E-state index contributed by atoms with van der Waals surface area (Å²) in [5.74, 6) is -0.496. The number of rotatable bonds is 7. The molecule has 1 amide bonds. The summed E-state index contributed by atoms with van der Waals surface area (Å²) in [6.45, 7) is 8.67.